The van der Waals surface area contributed by atoms with Crippen molar-refractivity contribution in [1.29, 1.82) is 0 Å². The molecule has 0 fully saturated rings. The van der Waals surface area contributed by atoms with Gasteiger partial charge in [-0.2, -0.15) is 26.3 Å². The minimum Gasteiger partial charge on any atom is -0.457 e. The van der Waals surface area contributed by atoms with Gasteiger partial charge < -0.3 is 9.47 Å². The van der Waals surface area contributed by atoms with Crippen molar-refractivity contribution in [1.82, 2.24) is 0 Å². The molecular formula is C35H22F6O2. The predicted molar refractivity (Wildman–Crippen MR) is 154 cm³/mol. The van der Waals surface area contributed by atoms with Crippen LogP contribution in [0.3, 0.4) is 0 Å². The average Bonchev–Trinajstić information content (AvgIpc) is 2.98. The molecule has 0 bridgehead atoms. The van der Waals surface area contributed by atoms with Crippen LogP contribution in [0.5, 0.6) is 23.0 Å². The molecule has 0 saturated carbocycles. The first kappa shape index (κ1) is 28.2. The molecule has 0 radical (unpaired) electrons. The second-order valence-electron chi connectivity index (χ2n) is 9.95. The van der Waals surface area contributed by atoms with Crippen molar-refractivity contribution in [2.75, 3.05) is 0 Å². The molecule has 0 aliphatic heterocycles. The summed E-state index contributed by atoms with van der Waals surface area (Å²) in [6, 6.07) is 32.9. The molecule has 6 aromatic rings. The Balaban J connectivity index is 1.36. The van der Waals surface area contributed by atoms with E-state index < -0.39 is 28.9 Å². The number of benzene rings is 6. The largest absolute Gasteiger partial charge is 0.457 e. The van der Waals surface area contributed by atoms with Gasteiger partial charge in [-0.1, -0.05) is 97.1 Å². The minimum absolute atomic E-state index is 0.0946. The van der Waals surface area contributed by atoms with Gasteiger partial charge in [-0.05, 0) is 58.3 Å². The number of alkyl halides is 6. The molecule has 0 aromatic heterocycles. The fourth-order valence-corrected chi connectivity index (χ4v) is 5.35. The van der Waals surface area contributed by atoms with Crippen LogP contribution < -0.4 is 9.47 Å². The highest BCUT2D eigenvalue weighted by atomic mass is 19.4. The molecule has 6 aromatic carbocycles. The Morgan fingerprint density at radius 1 is 0.372 bits per heavy atom. The topological polar surface area (TPSA) is 18.5 Å². The maximum atomic E-state index is 14.7. The third-order valence-corrected chi connectivity index (χ3v) is 7.38. The molecule has 6 rings (SSSR count). The van der Waals surface area contributed by atoms with Crippen LogP contribution in [-0.4, -0.2) is 12.4 Å². The Hall–Kier alpha value is -4.98. The van der Waals surface area contributed by atoms with Crippen molar-refractivity contribution in [2.24, 2.45) is 0 Å². The van der Waals surface area contributed by atoms with Gasteiger partial charge in [0.05, 0.1) is 0 Å². The lowest BCUT2D eigenvalue weighted by Crippen LogP contribution is -2.54. The molecule has 8 heteroatoms. The van der Waals surface area contributed by atoms with E-state index in [-0.39, 0.29) is 11.5 Å². The van der Waals surface area contributed by atoms with Crippen LogP contribution in [0, 0.1) is 0 Å². The van der Waals surface area contributed by atoms with Crippen LogP contribution >= 0.6 is 0 Å². The highest BCUT2D eigenvalue weighted by molar-refractivity contribution is 5.89. The summed E-state index contributed by atoms with van der Waals surface area (Å²) in [5, 5.41) is 3.25. The molecule has 0 N–H and O–H groups in total. The van der Waals surface area contributed by atoms with Gasteiger partial charge in [0.25, 0.3) is 0 Å². The van der Waals surface area contributed by atoms with Gasteiger partial charge >= 0.3 is 12.4 Å². The second-order valence-corrected chi connectivity index (χ2v) is 9.95. The zero-order chi connectivity index (χ0) is 30.2. The van der Waals surface area contributed by atoms with Gasteiger partial charge in [0.1, 0.15) is 23.0 Å². The summed E-state index contributed by atoms with van der Waals surface area (Å²) in [7, 11) is 0. The van der Waals surface area contributed by atoms with Gasteiger partial charge in [0.15, 0.2) is 0 Å². The summed E-state index contributed by atoms with van der Waals surface area (Å²) >= 11 is 0. The van der Waals surface area contributed by atoms with Gasteiger partial charge in [-0.3, -0.25) is 0 Å². The molecule has 0 unspecified atom stereocenters. The average molecular weight is 589 g/mol. The molecule has 43 heavy (non-hydrogen) atoms. The lowest BCUT2D eigenvalue weighted by atomic mass is 9.73. The Bertz CT molecular complexity index is 1740. The molecule has 0 saturated heterocycles. The van der Waals surface area contributed by atoms with Crippen LogP contribution in [0.2, 0.25) is 0 Å². The monoisotopic (exact) mass is 588 g/mol. The Labute approximate surface area is 242 Å². The van der Waals surface area contributed by atoms with E-state index in [0.717, 1.165) is 70.1 Å². The third kappa shape index (κ3) is 5.03. The number of halogens is 6. The maximum absolute atomic E-state index is 14.7. The summed E-state index contributed by atoms with van der Waals surface area (Å²) in [6.07, 6.45) is -11.4. The first-order valence-corrected chi connectivity index (χ1v) is 13.2. The smallest absolute Gasteiger partial charge is 0.411 e. The normalized spacial score (nSPS) is 12.4. The zero-order valence-corrected chi connectivity index (χ0v) is 22.3. The summed E-state index contributed by atoms with van der Waals surface area (Å²) in [5.74, 6) is 1.03. The highest BCUT2D eigenvalue weighted by Crippen LogP contribution is 2.56. The quantitative estimate of drug-likeness (QED) is 0.180. The molecule has 0 aliphatic carbocycles. The van der Waals surface area contributed by atoms with Crippen molar-refractivity contribution in [3.8, 4) is 23.0 Å². The lowest BCUT2D eigenvalue weighted by molar-refractivity contribution is -0.288. The maximum Gasteiger partial charge on any atom is 0.411 e. The third-order valence-electron chi connectivity index (χ3n) is 7.38. The highest BCUT2D eigenvalue weighted by Gasteiger charge is 2.72. The fraction of sp³-hybridized carbons (Fsp3) is 0.0857. The molecule has 216 valence electrons. The number of ether oxygens (including phenoxy) is 2. The lowest BCUT2D eigenvalue weighted by Gasteiger charge is -2.38. The van der Waals surface area contributed by atoms with E-state index in [4.69, 9.17) is 9.47 Å². The molecule has 0 heterocycles. The SMILES string of the molecule is FC(F)(F)C(c1ccc(Oc2cccc3ccccc23)cc1)(c1ccc(Oc2cccc3ccccc23)cc1)C(F)(F)F. The molecule has 0 amide bonds. The molecular weight excluding hydrogens is 566 g/mol. The van der Waals surface area contributed by atoms with E-state index in [1.807, 2.05) is 48.5 Å². The summed E-state index contributed by atoms with van der Waals surface area (Å²) in [6.45, 7) is 0. The molecule has 2 nitrogen and oxygen atoms in total. The van der Waals surface area contributed by atoms with Gasteiger partial charge in [-0.25, -0.2) is 0 Å². The van der Waals surface area contributed by atoms with E-state index in [0.29, 0.717) is 11.5 Å². The van der Waals surface area contributed by atoms with Crippen molar-refractivity contribution >= 4 is 21.5 Å². The summed E-state index contributed by atoms with van der Waals surface area (Å²) in [5.41, 5.74) is -6.27. The van der Waals surface area contributed by atoms with Crippen molar-refractivity contribution in [2.45, 2.75) is 17.8 Å². The summed E-state index contributed by atoms with van der Waals surface area (Å²) in [4.78, 5) is 0. The number of rotatable bonds is 6. The second kappa shape index (κ2) is 10.7. The van der Waals surface area contributed by atoms with E-state index >= 15 is 0 Å². The van der Waals surface area contributed by atoms with E-state index in [9.17, 15) is 26.3 Å². The van der Waals surface area contributed by atoms with Gasteiger partial charge in [-0.15, -0.1) is 0 Å². The van der Waals surface area contributed by atoms with E-state index in [1.54, 1.807) is 36.4 Å². The summed E-state index contributed by atoms with van der Waals surface area (Å²) < 4.78 is 99.9. The van der Waals surface area contributed by atoms with Crippen LogP contribution in [-0.2, 0) is 5.41 Å². The molecule has 0 spiro atoms. The van der Waals surface area contributed by atoms with Gasteiger partial charge in [0, 0.05) is 10.8 Å². The van der Waals surface area contributed by atoms with E-state index in [2.05, 4.69) is 0 Å². The number of hydrogen-bond donors (Lipinski definition) is 0. The van der Waals surface area contributed by atoms with Crippen LogP contribution in [0.25, 0.3) is 21.5 Å². The van der Waals surface area contributed by atoms with Crippen molar-refractivity contribution < 1.29 is 35.8 Å². The Morgan fingerprint density at radius 3 is 1.09 bits per heavy atom. The fourth-order valence-electron chi connectivity index (χ4n) is 5.35. The predicted octanol–water partition coefficient (Wildman–Crippen LogP) is 11.0. The van der Waals surface area contributed by atoms with Crippen molar-refractivity contribution in [3.05, 3.63) is 145 Å². The van der Waals surface area contributed by atoms with Crippen molar-refractivity contribution in [3.63, 3.8) is 0 Å². The Kier molecular flexibility index (Phi) is 7.00. The number of fused-ring (bicyclic) bond motifs is 2. The van der Waals surface area contributed by atoms with Crippen LogP contribution in [0.4, 0.5) is 26.3 Å². The number of hydrogen-bond acceptors (Lipinski definition) is 2. The molecule has 0 atom stereocenters. The van der Waals surface area contributed by atoms with Crippen LogP contribution in [0.1, 0.15) is 11.1 Å². The zero-order valence-electron chi connectivity index (χ0n) is 22.3. The molecule has 0 aliphatic rings. The minimum atomic E-state index is -5.72. The van der Waals surface area contributed by atoms with Crippen LogP contribution in [0.15, 0.2) is 133 Å². The first-order valence-electron chi connectivity index (χ1n) is 13.2. The Morgan fingerprint density at radius 2 is 0.721 bits per heavy atom. The first-order chi connectivity index (χ1) is 20.6. The van der Waals surface area contributed by atoms with E-state index in [1.165, 1.54) is 0 Å². The van der Waals surface area contributed by atoms with Gasteiger partial charge in [0.2, 0.25) is 5.41 Å². The standard InChI is InChI=1S/C35H22F6O2/c36-34(37,38)33(35(39,40)41,25-15-19-27(20-16-25)42-31-13-5-9-23-7-1-3-11-29(23)31)26-17-21-28(22-18-26)43-32-14-6-10-24-8-2-4-12-30(24)32/h1-22H.